The summed E-state index contributed by atoms with van der Waals surface area (Å²) in [5, 5.41) is 12.0. The Morgan fingerprint density at radius 1 is 1.14 bits per heavy atom. The van der Waals surface area contributed by atoms with E-state index < -0.39 is 6.09 Å². The third-order valence-electron chi connectivity index (χ3n) is 5.37. The van der Waals surface area contributed by atoms with E-state index in [9.17, 15) is 9.90 Å². The third kappa shape index (κ3) is 2.59. The van der Waals surface area contributed by atoms with Crippen molar-refractivity contribution in [3.8, 4) is 5.75 Å². The number of ether oxygens (including phenoxy) is 1. The van der Waals surface area contributed by atoms with E-state index in [1.165, 1.54) is 6.42 Å². The van der Waals surface area contributed by atoms with E-state index in [1.54, 1.807) is 24.3 Å². The number of nitrogens with one attached hydrogen (secondary N) is 1. The Bertz CT molecular complexity index is 523. The summed E-state index contributed by atoms with van der Waals surface area (Å²) in [6, 6.07) is 6.41. The van der Waals surface area contributed by atoms with Gasteiger partial charge in [-0.1, -0.05) is 20.3 Å². The Kier molecular flexibility index (Phi) is 3.34. The first-order valence-corrected chi connectivity index (χ1v) is 7.68. The molecule has 0 spiro atoms. The zero-order valence-electron chi connectivity index (χ0n) is 12.7. The van der Waals surface area contributed by atoms with Gasteiger partial charge in [0.25, 0.3) is 0 Å². The van der Waals surface area contributed by atoms with Crippen LogP contribution in [0.1, 0.15) is 46.0 Å². The summed E-state index contributed by atoms with van der Waals surface area (Å²) in [5.41, 5.74) is 0.884. The fraction of sp³-hybridized carbons (Fsp3) is 0.588. The Labute approximate surface area is 125 Å². The van der Waals surface area contributed by atoms with E-state index in [1.807, 2.05) is 0 Å². The van der Waals surface area contributed by atoms with Gasteiger partial charge in [0.1, 0.15) is 11.9 Å². The fourth-order valence-electron chi connectivity index (χ4n) is 4.17. The van der Waals surface area contributed by atoms with Gasteiger partial charge in [-0.05, 0) is 49.9 Å². The molecule has 3 atom stereocenters. The minimum absolute atomic E-state index is 0.00383. The second-order valence-corrected chi connectivity index (χ2v) is 7.12. The molecule has 1 aromatic carbocycles. The first kappa shape index (κ1) is 14.2. The number of benzene rings is 1. The minimum Gasteiger partial charge on any atom is -0.508 e. The van der Waals surface area contributed by atoms with Gasteiger partial charge in [0.2, 0.25) is 0 Å². The molecule has 0 heterocycles. The molecule has 21 heavy (non-hydrogen) atoms. The van der Waals surface area contributed by atoms with Crippen LogP contribution >= 0.6 is 0 Å². The molecule has 2 aliphatic carbocycles. The van der Waals surface area contributed by atoms with E-state index in [4.69, 9.17) is 4.74 Å². The molecule has 2 fully saturated rings. The van der Waals surface area contributed by atoms with Crippen molar-refractivity contribution in [2.24, 2.45) is 10.8 Å². The van der Waals surface area contributed by atoms with Crippen molar-refractivity contribution >= 4 is 11.8 Å². The lowest BCUT2D eigenvalue weighted by atomic mass is 9.68. The average molecular weight is 289 g/mol. The molecule has 0 aliphatic heterocycles. The van der Waals surface area contributed by atoms with E-state index in [0.29, 0.717) is 5.69 Å². The van der Waals surface area contributed by atoms with Crippen LogP contribution in [0, 0.1) is 10.8 Å². The molecule has 114 valence electrons. The number of amides is 1. The van der Waals surface area contributed by atoms with Crippen molar-refractivity contribution in [2.45, 2.75) is 52.1 Å². The molecule has 2 N–H and O–H groups in total. The fourth-order valence-corrected chi connectivity index (χ4v) is 4.17. The van der Waals surface area contributed by atoms with Gasteiger partial charge >= 0.3 is 6.09 Å². The molecule has 1 amide bonds. The molecule has 3 rings (SSSR count). The number of hydrogen-bond donors (Lipinski definition) is 2. The highest BCUT2D eigenvalue weighted by molar-refractivity contribution is 5.84. The molecule has 1 aromatic rings. The average Bonchev–Trinajstić information content (AvgIpc) is 2.58. The Hall–Kier alpha value is -1.71. The molecule has 4 nitrogen and oxygen atoms in total. The number of aromatic hydroxyl groups is 1. The van der Waals surface area contributed by atoms with Crippen molar-refractivity contribution in [1.82, 2.24) is 0 Å². The molecule has 4 heteroatoms. The first-order valence-electron chi connectivity index (χ1n) is 7.68. The predicted octanol–water partition coefficient (Wildman–Crippen LogP) is 4.30. The lowest BCUT2D eigenvalue weighted by Crippen LogP contribution is -2.44. The van der Waals surface area contributed by atoms with Gasteiger partial charge in [-0.2, -0.15) is 0 Å². The van der Waals surface area contributed by atoms with Crippen molar-refractivity contribution in [3.63, 3.8) is 0 Å². The lowest BCUT2D eigenvalue weighted by molar-refractivity contribution is -0.0482. The van der Waals surface area contributed by atoms with Gasteiger partial charge < -0.3 is 9.84 Å². The number of hydrogen-bond acceptors (Lipinski definition) is 3. The highest BCUT2D eigenvalue weighted by Gasteiger charge is 2.56. The number of fused-ring (bicyclic) bond motifs is 2. The number of carbonyl (C=O) groups is 1. The summed E-state index contributed by atoms with van der Waals surface area (Å²) in [5.74, 6) is 0.180. The quantitative estimate of drug-likeness (QED) is 0.798. The molecule has 2 bridgehead atoms. The SMILES string of the molecule is C[C@]12CCC[C@](C)(CC1)C2OC(=O)Nc1ccc(O)cc1. The van der Waals surface area contributed by atoms with Crippen LogP contribution in [0.4, 0.5) is 10.5 Å². The molecular formula is C17H23NO3. The summed E-state index contributed by atoms with van der Waals surface area (Å²) >= 11 is 0. The summed E-state index contributed by atoms with van der Waals surface area (Å²) < 4.78 is 5.81. The van der Waals surface area contributed by atoms with Crippen molar-refractivity contribution < 1.29 is 14.6 Å². The number of anilines is 1. The lowest BCUT2D eigenvalue weighted by Gasteiger charge is -2.43. The van der Waals surface area contributed by atoms with Gasteiger partial charge in [-0.15, -0.1) is 0 Å². The second-order valence-electron chi connectivity index (χ2n) is 7.12. The molecular weight excluding hydrogens is 266 g/mol. The predicted molar refractivity (Wildman–Crippen MR) is 81.3 cm³/mol. The van der Waals surface area contributed by atoms with E-state index in [-0.39, 0.29) is 22.7 Å². The highest BCUT2D eigenvalue weighted by Crippen LogP contribution is 2.59. The zero-order chi connectivity index (χ0) is 15.1. The van der Waals surface area contributed by atoms with Crippen LogP contribution in [0.15, 0.2) is 24.3 Å². The smallest absolute Gasteiger partial charge is 0.411 e. The van der Waals surface area contributed by atoms with Crippen molar-refractivity contribution in [1.29, 1.82) is 0 Å². The maximum absolute atomic E-state index is 12.2. The normalized spacial score (nSPS) is 34.5. The molecule has 2 saturated carbocycles. The maximum Gasteiger partial charge on any atom is 0.411 e. The molecule has 0 saturated heterocycles. The molecule has 0 aromatic heterocycles. The Morgan fingerprint density at radius 2 is 1.71 bits per heavy atom. The Balaban J connectivity index is 1.68. The van der Waals surface area contributed by atoms with Crippen molar-refractivity contribution in [3.05, 3.63) is 24.3 Å². The number of phenolic OH excluding ortho intramolecular Hbond substituents is 1. The van der Waals surface area contributed by atoms with Gasteiger partial charge in [0, 0.05) is 16.5 Å². The second kappa shape index (κ2) is 4.93. The number of phenols is 1. The largest absolute Gasteiger partial charge is 0.508 e. The summed E-state index contributed by atoms with van der Waals surface area (Å²) in [7, 11) is 0. The summed E-state index contributed by atoms with van der Waals surface area (Å²) in [6.07, 6.45) is 5.38. The minimum atomic E-state index is -0.396. The standard InChI is InChI=1S/C17H23NO3/c1-16-8-3-9-17(2,11-10-16)14(16)21-15(20)18-12-4-6-13(19)7-5-12/h4-7,14,19H,3,8-11H2,1-2H3,(H,18,20)/t14?,16-,17+. The van der Waals surface area contributed by atoms with E-state index in [2.05, 4.69) is 19.2 Å². The molecule has 0 radical (unpaired) electrons. The molecule has 1 unspecified atom stereocenters. The maximum atomic E-state index is 12.2. The van der Waals surface area contributed by atoms with Gasteiger partial charge in [0.05, 0.1) is 0 Å². The van der Waals surface area contributed by atoms with Crippen molar-refractivity contribution in [2.75, 3.05) is 5.32 Å². The van der Waals surface area contributed by atoms with E-state index >= 15 is 0 Å². The third-order valence-corrected chi connectivity index (χ3v) is 5.37. The Morgan fingerprint density at radius 3 is 2.29 bits per heavy atom. The first-order chi connectivity index (χ1) is 9.91. The topological polar surface area (TPSA) is 58.6 Å². The van der Waals surface area contributed by atoms with Crippen LogP contribution < -0.4 is 5.32 Å². The number of carbonyl (C=O) groups excluding carboxylic acids is 1. The molecule has 2 aliphatic rings. The van der Waals surface area contributed by atoms with Crippen LogP contribution in [0.2, 0.25) is 0 Å². The summed E-state index contributed by atoms with van der Waals surface area (Å²) in [4.78, 5) is 12.2. The number of rotatable bonds is 2. The van der Waals surface area contributed by atoms with Crippen LogP contribution in [0.3, 0.4) is 0 Å². The van der Waals surface area contributed by atoms with E-state index in [0.717, 1.165) is 25.7 Å². The highest BCUT2D eigenvalue weighted by atomic mass is 16.6. The summed E-state index contributed by atoms with van der Waals surface area (Å²) in [6.45, 7) is 4.49. The van der Waals surface area contributed by atoms with Gasteiger partial charge in [-0.25, -0.2) is 4.79 Å². The van der Waals surface area contributed by atoms with Crippen LogP contribution in [-0.2, 0) is 4.74 Å². The van der Waals surface area contributed by atoms with Gasteiger partial charge in [-0.3, -0.25) is 5.32 Å². The monoisotopic (exact) mass is 289 g/mol. The van der Waals surface area contributed by atoms with Crippen LogP contribution in [0.5, 0.6) is 5.75 Å². The van der Waals surface area contributed by atoms with Gasteiger partial charge in [0.15, 0.2) is 0 Å². The zero-order valence-corrected chi connectivity index (χ0v) is 12.7. The van der Waals surface area contributed by atoms with Crippen LogP contribution in [0.25, 0.3) is 0 Å². The van der Waals surface area contributed by atoms with Crippen LogP contribution in [-0.4, -0.2) is 17.3 Å².